The summed E-state index contributed by atoms with van der Waals surface area (Å²) in [7, 11) is 1.89. The van der Waals surface area contributed by atoms with Crippen LogP contribution in [-0.2, 0) is 11.8 Å². The van der Waals surface area contributed by atoms with Crippen LogP contribution >= 0.6 is 0 Å². The molecule has 0 saturated heterocycles. The number of fused-ring (bicyclic) bond motifs is 2. The summed E-state index contributed by atoms with van der Waals surface area (Å²) in [5, 5.41) is 10.9. The minimum Gasteiger partial charge on any atom is -0.350 e. The molecule has 8 nitrogen and oxygen atoms in total. The largest absolute Gasteiger partial charge is 0.350 e. The van der Waals surface area contributed by atoms with Crippen LogP contribution in [0.25, 0.3) is 27.7 Å². The van der Waals surface area contributed by atoms with Crippen molar-refractivity contribution in [2.24, 2.45) is 13.0 Å². The van der Waals surface area contributed by atoms with Gasteiger partial charge in [0.25, 0.3) is 5.91 Å². The van der Waals surface area contributed by atoms with Crippen LogP contribution in [-0.4, -0.2) is 31.0 Å². The standard InChI is InChI=1S/C28H27FN6O2/c1-16(2)26(36)32-28-31-25-11-9-20(14-35(25)33-28)19-8-10-24-22(13-19)23(15-34(24)4)27(37)30-17(3)18-6-5-7-21(29)12-18/h5-17H,1-4H3,(H,30,37)(H,32,33,36)/t17-/m0/s1. The van der Waals surface area contributed by atoms with Crippen LogP contribution in [0.3, 0.4) is 0 Å². The average molecular weight is 499 g/mol. The number of halogens is 1. The predicted octanol–water partition coefficient (Wildman–Crippen LogP) is 5.11. The molecular formula is C28H27FN6O2. The summed E-state index contributed by atoms with van der Waals surface area (Å²) >= 11 is 0. The fourth-order valence-electron chi connectivity index (χ4n) is 4.25. The van der Waals surface area contributed by atoms with Gasteiger partial charge in [-0.1, -0.05) is 32.0 Å². The van der Waals surface area contributed by atoms with Crippen molar-refractivity contribution in [3.05, 3.63) is 83.9 Å². The molecule has 0 aliphatic rings. The highest BCUT2D eigenvalue weighted by molar-refractivity contribution is 6.08. The van der Waals surface area contributed by atoms with Gasteiger partial charge in [-0.3, -0.25) is 14.9 Å². The Morgan fingerprint density at radius 2 is 1.76 bits per heavy atom. The summed E-state index contributed by atoms with van der Waals surface area (Å²) in [6.45, 7) is 5.44. The summed E-state index contributed by atoms with van der Waals surface area (Å²) in [5.41, 5.74) is 4.52. The second-order valence-corrected chi connectivity index (χ2v) is 9.44. The zero-order valence-electron chi connectivity index (χ0n) is 21.0. The number of aromatic nitrogens is 4. The molecule has 3 aromatic heterocycles. The number of anilines is 1. The molecule has 0 fully saturated rings. The molecular weight excluding hydrogens is 471 g/mol. The first-order chi connectivity index (χ1) is 17.7. The molecule has 0 radical (unpaired) electrons. The number of carbonyl (C=O) groups is 2. The summed E-state index contributed by atoms with van der Waals surface area (Å²) in [5.74, 6) is -0.657. The fourth-order valence-corrected chi connectivity index (χ4v) is 4.25. The van der Waals surface area contributed by atoms with E-state index < -0.39 is 0 Å². The van der Waals surface area contributed by atoms with Crippen molar-refractivity contribution in [3.8, 4) is 11.1 Å². The van der Waals surface area contributed by atoms with Gasteiger partial charge in [0.2, 0.25) is 11.9 Å². The van der Waals surface area contributed by atoms with E-state index in [4.69, 9.17) is 0 Å². The lowest BCUT2D eigenvalue weighted by molar-refractivity contribution is -0.118. The van der Waals surface area contributed by atoms with Crippen LogP contribution in [0, 0.1) is 11.7 Å². The third kappa shape index (κ3) is 4.80. The van der Waals surface area contributed by atoms with Crippen molar-refractivity contribution >= 4 is 34.3 Å². The number of amides is 2. The molecule has 0 aliphatic heterocycles. The van der Waals surface area contributed by atoms with E-state index in [9.17, 15) is 14.0 Å². The molecule has 0 spiro atoms. The number of benzene rings is 2. The van der Waals surface area contributed by atoms with Crippen molar-refractivity contribution < 1.29 is 14.0 Å². The molecule has 37 heavy (non-hydrogen) atoms. The lowest BCUT2D eigenvalue weighted by Gasteiger charge is -2.14. The molecule has 3 heterocycles. The van der Waals surface area contributed by atoms with Crippen molar-refractivity contribution in [3.63, 3.8) is 0 Å². The molecule has 0 unspecified atom stereocenters. The Morgan fingerprint density at radius 3 is 2.51 bits per heavy atom. The highest BCUT2D eigenvalue weighted by atomic mass is 19.1. The zero-order chi connectivity index (χ0) is 26.3. The van der Waals surface area contributed by atoms with Gasteiger partial charge in [-0.05, 0) is 54.4 Å². The normalized spacial score (nSPS) is 12.3. The molecule has 1 atom stereocenters. The number of pyridine rings is 1. The Labute approximate surface area is 213 Å². The van der Waals surface area contributed by atoms with Crippen LogP contribution in [0.1, 0.15) is 42.7 Å². The number of carbonyl (C=O) groups excluding carboxylic acids is 2. The van der Waals surface area contributed by atoms with Gasteiger partial charge in [-0.2, -0.15) is 4.98 Å². The second kappa shape index (κ2) is 9.50. The lowest BCUT2D eigenvalue weighted by Crippen LogP contribution is -2.26. The SMILES string of the molecule is CC(C)C(=O)Nc1nc2ccc(-c3ccc4c(c3)c(C(=O)N[C@@H](C)c3cccc(F)c3)cn4C)cn2n1. The second-order valence-electron chi connectivity index (χ2n) is 9.44. The molecule has 0 saturated carbocycles. The number of rotatable bonds is 6. The number of nitrogens with zero attached hydrogens (tertiary/aromatic N) is 4. The smallest absolute Gasteiger partial charge is 0.253 e. The van der Waals surface area contributed by atoms with E-state index in [1.165, 1.54) is 12.1 Å². The van der Waals surface area contributed by atoms with Crippen LogP contribution in [0.15, 0.2) is 67.0 Å². The molecule has 5 aromatic rings. The first kappa shape index (κ1) is 24.2. The van der Waals surface area contributed by atoms with Gasteiger partial charge >= 0.3 is 0 Å². The topological polar surface area (TPSA) is 93.3 Å². The van der Waals surface area contributed by atoms with E-state index in [1.54, 1.807) is 36.7 Å². The van der Waals surface area contributed by atoms with Gasteiger partial charge in [0.15, 0.2) is 5.65 Å². The number of hydrogen-bond donors (Lipinski definition) is 2. The maximum Gasteiger partial charge on any atom is 0.253 e. The zero-order valence-corrected chi connectivity index (χ0v) is 21.0. The first-order valence-electron chi connectivity index (χ1n) is 12.0. The van der Waals surface area contributed by atoms with E-state index >= 15 is 0 Å². The van der Waals surface area contributed by atoms with Crippen molar-refractivity contribution in [1.29, 1.82) is 0 Å². The Hall–Kier alpha value is -4.53. The van der Waals surface area contributed by atoms with Gasteiger partial charge in [-0.15, -0.1) is 5.10 Å². The average Bonchev–Trinajstić information content (AvgIpc) is 3.43. The molecule has 188 valence electrons. The third-order valence-electron chi connectivity index (χ3n) is 6.35. The molecule has 9 heteroatoms. The molecule has 5 rings (SSSR count). The van der Waals surface area contributed by atoms with Crippen molar-refractivity contribution in [1.82, 2.24) is 24.5 Å². The monoisotopic (exact) mass is 498 g/mol. The van der Waals surface area contributed by atoms with Gasteiger partial charge in [-0.25, -0.2) is 8.91 Å². The summed E-state index contributed by atoms with van der Waals surface area (Å²) in [4.78, 5) is 29.6. The predicted molar refractivity (Wildman–Crippen MR) is 141 cm³/mol. The van der Waals surface area contributed by atoms with E-state index in [0.717, 1.165) is 22.0 Å². The molecule has 2 amide bonds. The Bertz CT molecular complexity index is 1650. The molecule has 2 N–H and O–H groups in total. The van der Waals surface area contributed by atoms with Gasteiger partial charge in [0.1, 0.15) is 5.82 Å². The van der Waals surface area contributed by atoms with Gasteiger partial charge < -0.3 is 9.88 Å². The van der Waals surface area contributed by atoms with Gasteiger partial charge in [0, 0.05) is 41.8 Å². The highest BCUT2D eigenvalue weighted by Gasteiger charge is 2.18. The van der Waals surface area contributed by atoms with Crippen LogP contribution < -0.4 is 10.6 Å². The number of hydrogen-bond acceptors (Lipinski definition) is 4. The third-order valence-corrected chi connectivity index (χ3v) is 6.35. The van der Waals surface area contributed by atoms with E-state index in [0.29, 0.717) is 16.8 Å². The van der Waals surface area contributed by atoms with Crippen molar-refractivity contribution in [2.45, 2.75) is 26.8 Å². The molecule has 2 aromatic carbocycles. The van der Waals surface area contributed by atoms with Gasteiger partial charge in [0.05, 0.1) is 11.6 Å². The summed E-state index contributed by atoms with van der Waals surface area (Å²) < 4.78 is 17.2. The van der Waals surface area contributed by atoms with E-state index in [-0.39, 0.29) is 35.5 Å². The van der Waals surface area contributed by atoms with E-state index in [2.05, 4.69) is 20.7 Å². The Kier molecular flexibility index (Phi) is 6.20. The van der Waals surface area contributed by atoms with Crippen molar-refractivity contribution in [2.75, 3.05) is 5.32 Å². The highest BCUT2D eigenvalue weighted by Crippen LogP contribution is 2.28. The fraction of sp³-hybridized carbons (Fsp3) is 0.214. The van der Waals surface area contributed by atoms with Crippen LogP contribution in [0.5, 0.6) is 0 Å². The Balaban J connectivity index is 1.45. The van der Waals surface area contributed by atoms with Crippen LogP contribution in [0.4, 0.5) is 10.3 Å². The number of aryl methyl sites for hydroxylation is 1. The number of nitrogens with one attached hydrogen (secondary N) is 2. The van der Waals surface area contributed by atoms with Crippen LogP contribution in [0.2, 0.25) is 0 Å². The minimum atomic E-state index is -0.359. The first-order valence-corrected chi connectivity index (χ1v) is 12.0. The molecule has 0 aliphatic carbocycles. The maximum absolute atomic E-state index is 13.6. The minimum absolute atomic E-state index is 0.150. The summed E-state index contributed by atoms with van der Waals surface area (Å²) in [6, 6.07) is 15.5. The summed E-state index contributed by atoms with van der Waals surface area (Å²) in [6.07, 6.45) is 3.63. The quantitative estimate of drug-likeness (QED) is 0.340. The molecule has 0 bridgehead atoms. The van der Waals surface area contributed by atoms with E-state index in [1.807, 2.05) is 55.1 Å². The Morgan fingerprint density at radius 1 is 0.973 bits per heavy atom. The maximum atomic E-state index is 13.6. The lowest BCUT2D eigenvalue weighted by atomic mass is 10.0.